The van der Waals surface area contributed by atoms with E-state index in [1.165, 1.54) is 20.2 Å². The highest BCUT2D eigenvalue weighted by molar-refractivity contribution is 7.89. The molecule has 0 unspecified atom stereocenters. The van der Waals surface area contributed by atoms with E-state index in [2.05, 4.69) is 0 Å². The largest absolute Gasteiger partial charge is 0.456 e. The monoisotopic (exact) mass is 269 g/mol. The molecule has 0 spiro atoms. The maximum absolute atomic E-state index is 12.0. The molecule has 18 heavy (non-hydrogen) atoms. The lowest BCUT2D eigenvalue weighted by Gasteiger charge is -2.16. The van der Waals surface area contributed by atoms with Crippen LogP contribution < -0.4 is 0 Å². The molecule has 1 aliphatic rings. The number of benzene rings is 1. The average molecular weight is 269 g/mol. The van der Waals surface area contributed by atoms with Crippen molar-refractivity contribution >= 4 is 16.5 Å². The van der Waals surface area contributed by atoms with E-state index in [1.54, 1.807) is 18.2 Å². The van der Waals surface area contributed by atoms with Gasteiger partial charge in [-0.2, -0.15) is 0 Å². The Labute approximate surface area is 106 Å². The molecule has 0 radical (unpaired) electrons. The number of rotatable bonds is 5. The van der Waals surface area contributed by atoms with Crippen LogP contribution in [0.1, 0.15) is 18.4 Å². The molecule has 1 fully saturated rings. The van der Waals surface area contributed by atoms with Crippen molar-refractivity contribution in [1.29, 1.82) is 0 Å². The summed E-state index contributed by atoms with van der Waals surface area (Å²) in [5.41, 5.74) is 0.122. The standard InChI is InChI=1S/C12H15NO4S/c1-13(2)18(15,16)11-5-3-4-10(8-11)12(6-7-12)17-9-14/h3-5,8-9H,6-7H2,1-2H3. The first-order valence-corrected chi connectivity index (χ1v) is 7.01. The third kappa shape index (κ3) is 2.13. The summed E-state index contributed by atoms with van der Waals surface area (Å²) in [5, 5.41) is 0. The van der Waals surface area contributed by atoms with Crippen LogP contribution in [0.4, 0.5) is 0 Å². The first kappa shape index (κ1) is 13.0. The normalized spacial score (nSPS) is 17.5. The number of carbonyl (C=O) groups excluding carboxylic acids is 1. The number of hydrogen-bond acceptors (Lipinski definition) is 4. The molecule has 0 bridgehead atoms. The van der Waals surface area contributed by atoms with Crippen LogP contribution in [0.3, 0.4) is 0 Å². The van der Waals surface area contributed by atoms with Crippen molar-refractivity contribution < 1.29 is 17.9 Å². The molecule has 0 saturated heterocycles. The van der Waals surface area contributed by atoms with Crippen molar-refractivity contribution in [2.24, 2.45) is 0 Å². The summed E-state index contributed by atoms with van der Waals surface area (Å²) in [5.74, 6) is 0. The summed E-state index contributed by atoms with van der Waals surface area (Å²) in [4.78, 5) is 10.7. The fraction of sp³-hybridized carbons (Fsp3) is 0.417. The summed E-state index contributed by atoms with van der Waals surface area (Å²) in [7, 11) is -0.491. The lowest BCUT2D eigenvalue weighted by Crippen LogP contribution is -2.22. The third-order valence-electron chi connectivity index (χ3n) is 3.12. The molecule has 5 nitrogen and oxygen atoms in total. The van der Waals surface area contributed by atoms with E-state index >= 15 is 0 Å². The van der Waals surface area contributed by atoms with Gasteiger partial charge in [0, 0.05) is 14.1 Å². The molecule has 1 saturated carbocycles. The van der Waals surface area contributed by atoms with Crippen molar-refractivity contribution in [3.63, 3.8) is 0 Å². The van der Waals surface area contributed by atoms with Crippen molar-refractivity contribution in [3.8, 4) is 0 Å². The SMILES string of the molecule is CN(C)S(=O)(=O)c1cccc(C2(OC=O)CC2)c1. The highest BCUT2D eigenvalue weighted by Gasteiger charge is 2.47. The second kappa shape index (κ2) is 4.37. The third-order valence-corrected chi connectivity index (χ3v) is 4.93. The van der Waals surface area contributed by atoms with Gasteiger partial charge in [-0.1, -0.05) is 12.1 Å². The zero-order valence-corrected chi connectivity index (χ0v) is 11.1. The van der Waals surface area contributed by atoms with Crippen molar-refractivity contribution in [1.82, 2.24) is 4.31 Å². The molecule has 2 rings (SSSR count). The summed E-state index contributed by atoms with van der Waals surface area (Å²) in [6.07, 6.45) is 1.47. The van der Waals surface area contributed by atoms with Gasteiger partial charge in [0.15, 0.2) is 0 Å². The minimum absolute atomic E-state index is 0.214. The van der Waals surface area contributed by atoms with Crippen molar-refractivity contribution in [2.45, 2.75) is 23.3 Å². The zero-order chi connectivity index (χ0) is 13.4. The highest BCUT2D eigenvalue weighted by Crippen LogP contribution is 2.49. The average Bonchev–Trinajstić information content (AvgIpc) is 3.10. The van der Waals surface area contributed by atoms with Crippen LogP contribution >= 0.6 is 0 Å². The summed E-state index contributed by atoms with van der Waals surface area (Å²) in [6, 6.07) is 6.56. The van der Waals surface area contributed by atoms with Crippen LogP contribution in [0.5, 0.6) is 0 Å². The van der Waals surface area contributed by atoms with E-state index in [9.17, 15) is 13.2 Å². The Morgan fingerprint density at radius 3 is 2.50 bits per heavy atom. The van der Waals surface area contributed by atoms with E-state index in [1.807, 2.05) is 0 Å². The smallest absolute Gasteiger partial charge is 0.293 e. The molecule has 6 heteroatoms. The van der Waals surface area contributed by atoms with E-state index in [4.69, 9.17) is 4.74 Å². The van der Waals surface area contributed by atoms with Gasteiger partial charge in [0.2, 0.25) is 10.0 Å². The highest BCUT2D eigenvalue weighted by atomic mass is 32.2. The van der Waals surface area contributed by atoms with Crippen LogP contribution in [0.25, 0.3) is 0 Å². The van der Waals surface area contributed by atoms with Gasteiger partial charge in [-0.05, 0) is 30.5 Å². The molecule has 1 aromatic carbocycles. The Balaban J connectivity index is 2.41. The van der Waals surface area contributed by atoms with Gasteiger partial charge in [0.25, 0.3) is 6.47 Å². The molecule has 1 aliphatic carbocycles. The fourth-order valence-corrected chi connectivity index (χ4v) is 2.78. The van der Waals surface area contributed by atoms with E-state index < -0.39 is 15.6 Å². The predicted molar refractivity (Wildman–Crippen MR) is 65.4 cm³/mol. The maximum atomic E-state index is 12.0. The minimum atomic E-state index is -3.46. The molecule has 0 aliphatic heterocycles. The number of carbonyl (C=O) groups is 1. The molecular weight excluding hydrogens is 254 g/mol. The predicted octanol–water partition coefficient (Wildman–Crippen LogP) is 1.10. The van der Waals surface area contributed by atoms with E-state index in [-0.39, 0.29) is 4.90 Å². The Hall–Kier alpha value is -1.40. The topological polar surface area (TPSA) is 63.7 Å². The van der Waals surface area contributed by atoms with Gasteiger partial charge in [-0.15, -0.1) is 0 Å². The first-order valence-electron chi connectivity index (χ1n) is 5.57. The molecular formula is C12H15NO4S. The summed E-state index contributed by atoms with van der Waals surface area (Å²) in [6.45, 7) is 0.417. The van der Waals surface area contributed by atoms with Crippen LogP contribution in [-0.2, 0) is 25.2 Å². The number of sulfonamides is 1. The van der Waals surface area contributed by atoms with Crippen molar-refractivity contribution in [2.75, 3.05) is 14.1 Å². The Morgan fingerprint density at radius 2 is 2.00 bits per heavy atom. The van der Waals surface area contributed by atoms with Crippen LogP contribution in [0, 0.1) is 0 Å². The van der Waals surface area contributed by atoms with Crippen molar-refractivity contribution in [3.05, 3.63) is 29.8 Å². The van der Waals surface area contributed by atoms with Crippen LogP contribution in [0.15, 0.2) is 29.2 Å². The lowest BCUT2D eigenvalue weighted by atomic mass is 10.1. The van der Waals surface area contributed by atoms with Gasteiger partial charge in [0.05, 0.1) is 4.90 Å². The molecule has 0 heterocycles. The molecule has 1 aromatic rings. The Morgan fingerprint density at radius 1 is 1.33 bits per heavy atom. The quantitative estimate of drug-likeness (QED) is 0.751. The minimum Gasteiger partial charge on any atom is -0.456 e. The molecule has 0 atom stereocenters. The maximum Gasteiger partial charge on any atom is 0.293 e. The van der Waals surface area contributed by atoms with E-state index in [0.717, 1.165) is 22.7 Å². The lowest BCUT2D eigenvalue weighted by molar-refractivity contribution is -0.136. The fourth-order valence-electron chi connectivity index (χ4n) is 1.83. The van der Waals surface area contributed by atoms with Gasteiger partial charge >= 0.3 is 0 Å². The van der Waals surface area contributed by atoms with Crippen LogP contribution in [-0.4, -0.2) is 33.3 Å². The second-order valence-corrected chi connectivity index (χ2v) is 6.68. The zero-order valence-electron chi connectivity index (χ0n) is 10.3. The molecule has 0 amide bonds. The van der Waals surface area contributed by atoms with Crippen LogP contribution in [0.2, 0.25) is 0 Å². The first-order chi connectivity index (χ1) is 8.42. The van der Waals surface area contributed by atoms with Gasteiger partial charge in [-0.3, -0.25) is 4.79 Å². The summed E-state index contributed by atoms with van der Waals surface area (Å²) < 4.78 is 30.2. The number of hydrogen-bond donors (Lipinski definition) is 0. The number of nitrogens with zero attached hydrogens (tertiary/aromatic N) is 1. The molecule has 0 N–H and O–H groups in total. The number of ether oxygens (including phenoxy) is 1. The van der Waals surface area contributed by atoms with Gasteiger partial charge in [-0.25, -0.2) is 12.7 Å². The molecule has 98 valence electrons. The van der Waals surface area contributed by atoms with Gasteiger partial charge < -0.3 is 4.74 Å². The van der Waals surface area contributed by atoms with E-state index in [0.29, 0.717) is 6.47 Å². The molecule has 0 aromatic heterocycles. The Kier molecular flexibility index (Phi) is 3.16. The Bertz CT molecular complexity index is 561. The summed E-state index contributed by atoms with van der Waals surface area (Å²) >= 11 is 0. The van der Waals surface area contributed by atoms with Gasteiger partial charge in [0.1, 0.15) is 5.60 Å². The second-order valence-electron chi connectivity index (χ2n) is 4.52.